The average Bonchev–Trinajstić information content (AvgIpc) is 2.52. The molecule has 130 valence electrons. The topological polar surface area (TPSA) is 95.5 Å². The summed E-state index contributed by atoms with van der Waals surface area (Å²) in [5.41, 5.74) is 0.395. The van der Waals surface area contributed by atoms with E-state index in [1.165, 1.54) is 18.2 Å². The Hall–Kier alpha value is -1.60. The van der Waals surface area contributed by atoms with Gasteiger partial charge in [-0.15, -0.1) is 0 Å². The number of hydrogen-bond donors (Lipinski definition) is 3. The van der Waals surface area contributed by atoms with Crippen molar-refractivity contribution >= 4 is 21.7 Å². The monoisotopic (exact) mass is 342 g/mol. The quantitative estimate of drug-likeness (QED) is 0.537. The Morgan fingerprint density at radius 1 is 1.09 bits per heavy atom. The van der Waals surface area contributed by atoms with Gasteiger partial charge in [-0.2, -0.15) is 0 Å². The molecule has 0 fully saturated rings. The number of carboxylic acid groups (broad SMARTS) is 1. The van der Waals surface area contributed by atoms with E-state index in [1.54, 1.807) is 0 Å². The Bertz CT molecular complexity index is 615. The first-order valence-electron chi connectivity index (χ1n) is 8.03. The molecule has 1 aromatic carbocycles. The minimum atomic E-state index is -3.74. The summed E-state index contributed by atoms with van der Waals surface area (Å²) < 4.78 is 27.5. The van der Waals surface area contributed by atoms with Crippen LogP contribution in [0.2, 0.25) is 0 Å². The average molecular weight is 342 g/mol. The first-order valence-corrected chi connectivity index (χ1v) is 9.51. The van der Waals surface area contributed by atoms with Crippen molar-refractivity contribution in [3.63, 3.8) is 0 Å². The molecule has 0 radical (unpaired) electrons. The Morgan fingerprint density at radius 2 is 1.78 bits per heavy atom. The molecule has 1 aromatic rings. The normalized spacial score (nSPS) is 11.4. The van der Waals surface area contributed by atoms with Crippen molar-refractivity contribution in [2.75, 3.05) is 18.4 Å². The second kappa shape index (κ2) is 9.52. The summed E-state index contributed by atoms with van der Waals surface area (Å²) in [6, 6.07) is 4.13. The molecule has 23 heavy (non-hydrogen) atoms. The number of nitrogens with one attached hydrogen (secondary N) is 2. The van der Waals surface area contributed by atoms with Crippen LogP contribution in [0.3, 0.4) is 0 Å². The SMILES string of the molecule is CCCCCNS(=O)(=O)c1cc(C(=O)O)ccc1NCCCC. The number of aromatic carboxylic acids is 1. The number of anilines is 1. The third-order valence-electron chi connectivity index (χ3n) is 3.44. The number of unbranched alkanes of at least 4 members (excludes halogenated alkanes) is 3. The molecule has 0 heterocycles. The zero-order valence-corrected chi connectivity index (χ0v) is 14.6. The molecule has 0 aliphatic heterocycles. The lowest BCUT2D eigenvalue weighted by atomic mass is 10.2. The first-order chi connectivity index (χ1) is 10.9. The predicted octanol–water partition coefficient (Wildman–Crippen LogP) is 3.07. The Labute approximate surface area is 138 Å². The number of carboxylic acids is 1. The maximum atomic E-state index is 12.5. The molecule has 1 rings (SSSR count). The number of carbonyl (C=O) groups is 1. The number of sulfonamides is 1. The van der Waals surface area contributed by atoms with Crippen molar-refractivity contribution in [1.29, 1.82) is 0 Å². The van der Waals surface area contributed by atoms with Crippen molar-refractivity contribution in [1.82, 2.24) is 4.72 Å². The van der Waals surface area contributed by atoms with Crippen molar-refractivity contribution < 1.29 is 18.3 Å². The minimum absolute atomic E-state index is 0.00926. The predicted molar refractivity (Wildman–Crippen MR) is 91.5 cm³/mol. The summed E-state index contributed by atoms with van der Waals surface area (Å²) in [6.45, 7) is 5.08. The molecule has 3 N–H and O–H groups in total. The van der Waals surface area contributed by atoms with E-state index >= 15 is 0 Å². The zero-order valence-electron chi connectivity index (χ0n) is 13.8. The van der Waals surface area contributed by atoms with Gasteiger partial charge in [0.05, 0.1) is 11.3 Å². The highest BCUT2D eigenvalue weighted by atomic mass is 32.2. The van der Waals surface area contributed by atoms with Crippen molar-refractivity contribution in [2.45, 2.75) is 50.8 Å². The highest BCUT2D eigenvalue weighted by Gasteiger charge is 2.20. The molecule has 0 aliphatic carbocycles. The van der Waals surface area contributed by atoms with Gasteiger partial charge in [-0.3, -0.25) is 0 Å². The fraction of sp³-hybridized carbons (Fsp3) is 0.562. The van der Waals surface area contributed by atoms with Crippen LogP contribution in [0.5, 0.6) is 0 Å². The van der Waals surface area contributed by atoms with E-state index < -0.39 is 16.0 Å². The van der Waals surface area contributed by atoms with Gasteiger partial charge in [-0.25, -0.2) is 17.9 Å². The summed E-state index contributed by atoms with van der Waals surface area (Å²) in [5, 5.41) is 12.2. The molecule has 0 unspecified atom stereocenters. The first kappa shape index (κ1) is 19.4. The van der Waals surface area contributed by atoms with E-state index in [9.17, 15) is 13.2 Å². The van der Waals surface area contributed by atoms with Gasteiger partial charge in [-0.05, 0) is 31.0 Å². The Morgan fingerprint density at radius 3 is 2.39 bits per heavy atom. The lowest BCUT2D eigenvalue weighted by Gasteiger charge is -2.14. The maximum Gasteiger partial charge on any atom is 0.335 e. The number of benzene rings is 1. The molecule has 0 atom stereocenters. The standard InChI is InChI=1S/C16H26N2O4S/c1-3-5-7-11-18-23(21,22)15-12-13(16(19)20)8-9-14(15)17-10-6-4-2/h8-9,12,17-18H,3-7,10-11H2,1-2H3,(H,19,20). The van der Waals surface area contributed by atoms with Gasteiger partial charge in [0.1, 0.15) is 4.90 Å². The summed E-state index contributed by atoms with van der Waals surface area (Å²) in [6.07, 6.45) is 4.59. The van der Waals surface area contributed by atoms with Crippen LogP contribution in [0.15, 0.2) is 23.1 Å². The van der Waals surface area contributed by atoms with Crippen LogP contribution >= 0.6 is 0 Å². The zero-order chi connectivity index (χ0) is 17.3. The smallest absolute Gasteiger partial charge is 0.335 e. The summed E-state index contributed by atoms with van der Waals surface area (Å²) in [7, 11) is -3.74. The Balaban J connectivity index is 3.02. The van der Waals surface area contributed by atoms with E-state index in [1.807, 2.05) is 13.8 Å². The fourth-order valence-electron chi connectivity index (χ4n) is 2.08. The molecule has 6 nitrogen and oxygen atoms in total. The summed E-state index contributed by atoms with van der Waals surface area (Å²) >= 11 is 0. The van der Waals surface area contributed by atoms with E-state index in [0.717, 1.165) is 32.1 Å². The van der Waals surface area contributed by atoms with Gasteiger partial charge in [-0.1, -0.05) is 33.1 Å². The lowest BCUT2D eigenvalue weighted by molar-refractivity contribution is 0.0696. The van der Waals surface area contributed by atoms with E-state index in [-0.39, 0.29) is 10.5 Å². The van der Waals surface area contributed by atoms with E-state index in [0.29, 0.717) is 18.8 Å². The number of rotatable bonds is 11. The third-order valence-corrected chi connectivity index (χ3v) is 4.94. The van der Waals surface area contributed by atoms with Gasteiger partial charge in [0.2, 0.25) is 10.0 Å². The van der Waals surface area contributed by atoms with Crippen LogP contribution in [0.1, 0.15) is 56.3 Å². The molecular formula is C16H26N2O4S. The highest BCUT2D eigenvalue weighted by Crippen LogP contribution is 2.23. The molecule has 0 saturated carbocycles. The fourth-order valence-corrected chi connectivity index (χ4v) is 3.36. The second-order valence-corrected chi connectivity index (χ2v) is 7.14. The minimum Gasteiger partial charge on any atom is -0.478 e. The van der Waals surface area contributed by atoms with Crippen LogP contribution in [-0.4, -0.2) is 32.6 Å². The largest absolute Gasteiger partial charge is 0.478 e. The number of hydrogen-bond acceptors (Lipinski definition) is 4. The van der Waals surface area contributed by atoms with Crippen molar-refractivity contribution in [3.8, 4) is 0 Å². The molecule has 0 amide bonds. The van der Waals surface area contributed by atoms with Crippen LogP contribution in [0.4, 0.5) is 5.69 Å². The van der Waals surface area contributed by atoms with Crippen LogP contribution in [0.25, 0.3) is 0 Å². The lowest BCUT2D eigenvalue weighted by Crippen LogP contribution is -2.26. The molecule has 7 heteroatoms. The van der Waals surface area contributed by atoms with Crippen LogP contribution < -0.4 is 10.0 Å². The van der Waals surface area contributed by atoms with E-state index in [4.69, 9.17) is 5.11 Å². The molecule has 0 spiro atoms. The summed E-state index contributed by atoms with van der Waals surface area (Å²) in [4.78, 5) is 11.1. The second-order valence-electron chi connectivity index (χ2n) is 5.40. The maximum absolute atomic E-state index is 12.5. The van der Waals surface area contributed by atoms with Crippen molar-refractivity contribution in [2.24, 2.45) is 0 Å². The molecule has 0 saturated heterocycles. The van der Waals surface area contributed by atoms with Gasteiger partial charge in [0.15, 0.2) is 0 Å². The van der Waals surface area contributed by atoms with Gasteiger partial charge >= 0.3 is 5.97 Å². The Kier molecular flexibility index (Phi) is 8.05. The van der Waals surface area contributed by atoms with Gasteiger partial charge in [0.25, 0.3) is 0 Å². The molecular weight excluding hydrogens is 316 g/mol. The van der Waals surface area contributed by atoms with Crippen molar-refractivity contribution in [3.05, 3.63) is 23.8 Å². The highest BCUT2D eigenvalue weighted by molar-refractivity contribution is 7.89. The molecule has 0 aliphatic rings. The molecule has 0 bridgehead atoms. The van der Waals surface area contributed by atoms with E-state index in [2.05, 4.69) is 10.0 Å². The van der Waals surface area contributed by atoms with Crippen LogP contribution in [0, 0.1) is 0 Å². The van der Waals surface area contributed by atoms with Gasteiger partial charge < -0.3 is 10.4 Å². The molecule has 0 aromatic heterocycles. The van der Waals surface area contributed by atoms with Crippen LogP contribution in [-0.2, 0) is 10.0 Å². The third kappa shape index (κ3) is 6.19. The summed E-state index contributed by atoms with van der Waals surface area (Å²) in [5.74, 6) is -1.15. The van der Waals surface area contributed by atoms with Gasteiger partial charge in [0, 0.05) is 13.1 Å².